The number of nitriles is 1. The van der Waals surface area contributed by atoms with Gasteiger partial charge in [0.25, 0.3) is 5.91 Å². The van der Waals surface area contributed by atoms with E-state index in [4.69, 9.17) is 4.74 Å². The molecule has 5 nitrogen and oxygen atoms in total. The van der Waals surface area contributed by atoms with Crippen LogP contribution < -0.4 is 10.1 Å². The summed E-state index contributed by atoms with van der Waals surface area (Å²) in [4.78, 5) is 16.0. The summed E-state index contributed by atoms with van der Waals surface area (Å²) in [6.07, 6.45) is 1.55. The molecule has 5 heteroatoms. The zero-order chi connectivity index (χ0) is 15.9. The highest BCUT2D eigenvalue weighted by Gasteiger charge is 2.10. The van der Waals surface area contributed by atoms with Gasteiger partial charge in [0.2, 0.25) is 0 Å². The van der Waals surface area contributed by atoms with Crippen LogP contribution in [0.25, 0.3) is 0 Å². The van der Waals surface area contributed by atoms with Crippen LogP contribution in [0.5, 0.6) is 5.75 Å². The van der Waals surface area contributed by atoms with Gasteiger partial charge >= 0.3 is 0 Å². The molecule has 0 aliphatic heterocycles. The minimum Gasteiger partial charge on any atom is -0.492 e. The van der Waals surface area contributed by atoms with Crippen molar-refractivity contribution in [2.24, 2.45) is 5.92 Å². The van der Waals surface area contributed by atoms with Gasteiger partial charge in [-0.25, -0.2) is 0 Å². The molecule has 112 valence electrons. The van der Waals surface area contributed by atoms with Gasteiger partial charge in [-0.3, -0.25) is 9.78 Å². The van der Waals surface area contributed by atoms with Crippen LogP contribution in [0, 0.1) is 17.2 Å². The van der Waals surface area contributed by atoms with Crippen molar-refractivity contribution >= 4 is 11.6 Å². The lowest BCUT2D eigenvalue weighted by atomic mass is 10.2. The number of ether oxygens (including phenoxy) is 1. The lowest BCUT2D eigenvalue weighted by molar-refractivity contribution is 0.102. The molecule has 2 aromatic rings. The third kappa shape index (κ3) is 4.06. The fourth-order valence-electron chi connectivity index (χ4n) is 1.77. The van der Waals surface area contributed by atoms with Crippen molar-refractivity contribution in [3.05, 3.63) is 53.9 Å². The molecule has 0 saturated heterocycles. The number of hydrogen-bond acceptors (Lipinski definition) is 4. The number of anilines is 1. The van der Waals surface area contributed by atoms with E-state index in [1.807, 2.05) is 13.8 Å². The predicted molar refractivity (Wildman–Crippen MR) is 83.7 cm³/mol. The maximum Gasteiger partial charge on any atom is 0.274 e. The first-order valence-electron chi connectivity index (χ1n) is 6.99. The van der Waals surface area contributed by atoms with Crippen LogP contribution in [0.15, 0.2) is 42.6 Å². The van der Waals surface area contributed by atoms with E-state index < -0.39 is 0 Å². The van der Waals surface area contributed by atoms with Crippen molar-refractivity contribution in [1.82, 2.24) is 4.98 Å². The number of carbonyl (C=O) groups excluding carboxylic acids is 1. The highest BCUT2D eigenvalue weighted by molar-refractivity contribution is 6.02. The number of pyridine rings is 1. The quantitative estimate of drug-likeness (QED) is 0.918. The third-order valence-electron chi connectivity index (χ3n) is 2.83. The normalized spacial score (nSPS) is 10.1. The van der Waals surface area contributed by atoms with Gasteiger partial charge in [-0.15, -0.1) is 0 Å². The van der Waals surface area contributed by atoms with E-state index in [-0.39, 0.29) is 5.91 Å². The molecule has 1 N–H and O–H groups in total. The second-order valence-corrected chi connectivity index (χ2v) is 5.20. The Hall–Kier alpha value is -2.87. The molecule has 0 aliphatic rings. The molecule has 22 heavy (non-hydrogen) atoms. The molecule has 1 aromatic carbocycles. The number of hydrogen-bond donors (Lipinski definition) is 1. The predicted octanol–water partition coefficient (Wildman–Crippen LogP) is 3.24. The van der Waals surface area contributed by atoms with Gasteiger partial charge in [0.05, 0.1) is 12.2 Å². The summed E-state index contributed by atoms with van der Waals surface area (Å²) >= 11 is 0. The number of rotatable bonds is 5. The largest absolute Gasteiger partial charge is 0.492 e. The lowest BCUT2D eigenvalue weighted by Gasteiger charge is -2.11. The number of nitrogens with zero attached hydrogens (tertiary/aromatic N) is 2. The summed E-state index contributed by atoms with van der Waals surface area (Å²) in [6, 6.07) is 12.2. The van der Waals surface area contributed by atoms with E-state index in [0.717, 1.165) is 0 Å². The van der Waals surface area contributed by atoms with Gasteiger partial charge in [-0.1, -0.05) is 19.9 Å². The Morgan fingerprint density at radius 1 is 1.36 bits per heavy atom. The molecule has 1 heterocycles. The summed E-state index contributed by atoms with van der Waals surface area (Å²) in [5.41, 5.74) is 1.24. The number of aromatic nitrogens is 1. The molecule has 0 aliphatic carbocycles. The van der Waals surface area contributed by atoms with Crippen LogP contribution >= 0.6 is 0 Å². The van der Waals surface area contributed by atoms with Gasteiger partial charge in [0.1, 0.15) is 17.5 Å². The molecule has 1 amide bonds. The Kier molecular flexibility index (Phi) is 5.10. The second-order valence-electron chi connectivity index (χ2n) is 5.20. The second kappa shape index (κ2) is 7.23. The maximum absolute atomic E-state index is 12.0. The van der Waals surface area contributed by atoms with Crippen molar-refractivity contribution < 1.29 is 9.53 Å². The van der Waals surface area contributed by atoms with Crippen molar-refractivity contribution in [3.8, 4) is 11.8 Å². The van der Waals surface area contributed by atoms with Crippen molar-refractivity contribution in [1.29, 1.82) is 5.26 Å². The molecule has 0 spiro atoms. The smallest absolute Gasteiger partial charge is 0.274 e. The first kappa shape index (κ1) is 15.5. The number of amides is 1. The summed E-state index contributed by atoms with van der Waals surface area (Å²) in [7, 11) is 0. The van der Waals surface area contributed by atoms with Gasteiger partial charge in [-0.2, -0.15) is 5.26 Å². The zero-order valence-electron chi connectivity index (χ0n) is 12.5. The molecule has 2 rings (SSSR count). The topological polar surface area (TPSA) is 75.0 Å². The van der Waals surface area contributed by atoms with E-state index in [2.05, 4.69) is 16.4 Å². The van der Waals surface area contributed by atoms with Crippen molar-refractivity contribution in [3.63, 3.8) is 0 Å². The standard InChI is InChI=1S/C17H17N3O2/c1-12(2)11-22-16-7-6-14(9-13(16)10-18)20-17(21)15-5-3-4-8-19-15/h3-9,12H,11H2,1-2H3,(H,20,21). The Morgan fingerprint density at radius 3 is 2.82 bits per heavy atom. The SMILES string of the molecule is CC(C)COc1ccc(NC(=O)c2ccccn2)cc1C#N. The van der Waals surface area contributed by atoms with Gasteiger partial charge in [0.15, 0.2) is 0 Å². The molecule has 0 fully saturated rings. The minimum atomic E-state index is -0.319. The molecule has 0 saturated carbocycles. The third-order valence-corrected chi connectivity index (χ3v) is 2.83. The minimum absolute atomic E-state index is 0.319. The maximum atomic E-state index is 12.0. The van der Waals surface area contributed by atoms with E-state index in [1.165, 1.54) is 0 Å². The number of carbonyl (C=O) groups is 1. The Bertz CT molecular complexity index is 691. The Morgan fingerprint density at radius 2 is 2.18 bits per heavy atom. The molecule has 0 atom stereocenters. The first-order valence-corrected chi connectivity index (χ1v) is 6.99. The average molecular weight is 295 g/mol. The van der Waals surface area contributed by atoms with Crippen LogP contribution in [-0.4, -0.2) is 17.5 Å². The molecular formula is C17H17N3O2. The van der Waals surface area contributed by atoms with Crippen LogP contribution in [0.2, 0.25) is 0 Å². The van der Waals surface area contributed by atoms with E-state index in [0.29, 0.717) is 35.2 Å². The number of benzene rings is 1. The Labute approximate surface area is 129 Å². The zero-order valence-corrected chi connectivity index (χ0v) is 12.5. The van der Waals surface area contributed by atoms with Gasteiger partial charge in [-0.05, 0) is 36.2 Å². The summed E-state index contributed by atoms with van der Waals surface area (Å²) in [5.74, 6) is 0.572. The molecule has 1 aromatic heterocycles. The summed E-state index contributed by atoms with van der Waals surface area (Å²) in [5, 5.41) is 11.9. The highest BCUT2D eigenvalue weighted by Crippen LogP contribution is 2.23. The van der Waals surface area contributed by atoms with Gasteiger partial charge in [0, 0.05) is 11.9 Å². The molecule has 0 radical (unpaired) electrons. The van der Waals surface area contributed by atoms with Crippen molar-refractivity contribution in [2.75, 3.05) is 11.9 Å². The average Bonchev–Trinajstić information content (AvgIpc) is 2.54. The monoisotopic (exact) mass is 295 g/mol. The molecular weight excluding hydrogens is 278 g/mol. The van der Waals surface area contributed by atoms with Crippen molar-refractivity contribution in [2.45, 2.75) is 13.8 Å². The number of nitrogens with one attached hydrogen (secondary N) is 1. The highest BCUT2D eigenvalue weighted by atomic mass is 16.5. The lowest BCUT2D eigenvalue weighted by Crippen LogP contribution is -2.13. The fraction of sp³-hybridized carbons (Fsp3) is 0.235. The fourth-order valence-corrected chi connectivity index (χ4v) is 1.77. The van der Waals surface area contributed by atoms with Crippen LogP contribution in [0.3, 0.4) is 0 Å². The van der Waals surface area contributed by atoms with E-state index in [9.17, 15) is 10.1 Å². The Balaban J connectivity index is 2.13. The first-order chi connectivity index (χ1) is 10.6. The van der Waals surface area contributed by atoms with E-state index in [1.54, 1.807) is 42.6 Å². The summed E-state index contributed by atoms with van der Waals surface area (Å²) < 4.78 is 5.59. The van der Waals surface area contributed by atoms with Crippen LogP contribution in [-0.2, 0) is 0 Å². The van der Waals surface area contributed by atoms with Crippen LogP contribution in [0.1, 0.15) is 29.9 Å². The molecule has 0 bridgehead atoms. The van der Waals surface area contributed by atoms with Gasteiger partial charge < -0.3 is 10.1 Å². The molecule has 0 unspecified atom stereocenters. The van der Waals surface area contributed by atoms with Crippen LogP contribution in [0.4, 0.5) is 5.69 Å². The van der Waals surface area contributed by atoms with E-state index >= 15 is 0 Å². The summed E-state index contributed by atoms with van der Waals surface area (Å²) in [6.45, 7) is 4.61.